The van der Waals surface area contributed by atoms with Gasteiger partial charge in [0, 0.05) is 38.4 Å². The number of carbonyl (C=O) groups excluding carboxylic acids is 1. The van der Waals surface area contributed by atoms with E-state index in [2.05, 4.69) is 11.4 Å². The van der Waals surface area contributed by atoms with Crippen LogP contribution >= 0.6 is 0 Å². The highest BCUT2D eigenvalue weighted by Crippen LogP contribution is 2.33. The van der Waals surface area contributed by atoms with Gasteiger partial charge in [-0.1, -0.05) is 18.2 Å². The van der Waals surface area contributed by atoms with E-state index < -0.39 is 11.7 Å². The molecule has 1 saturated heterocycles. The van der Waals surface area contributed by atoms with Crippen LogP contribution in [0.1, 0.15) is 36.0 Å². The first-order chi connectivity index (χ1) is 13.4. The van der Waals surface area contributed by atoms with Crippen LogP contribution in [0.3, 0.4) is 0 Å². The maximum absolute atomic E-state index is 13.0. The molecular weight excluding hydrogens is 369 g/mol. The van der Waals surface area contributed by atoms with Gasteiger partial charge in [-0.05, 0) is 48.9 Å². The molecule has 1 aromatic rings. The van der Waals surface area contributed by atoms with Crippen molar-refractivity contribution in [1.29, 1.82) is 0 Å². The topological polar surface area (TPSA) is 41.6 Å². The van der Waals surface area contributed by atoms with Crippen LogP contribution < -0.4 is 5.32 Å². The molecule has 3 aliphatic rings. The number of benzene rings is 1. The van der Waals surface area contributed by atoms with Crippen molar-refractivity contribution in [2.75, 3.05) is 19.8 Å². The maximum atomic E-state index is 13.0. The fourth-order valence-corrected chi connectivity index (χ4v) is 4.33. The molecule has 1 amide bonds. The molecule has 0 aromatic heterocycles. The third kappa shape index (κ3) is 4.25. The summed E-state index contributed by atoms with van der Waals surface area (Å²) >= 11 is 0. The molecule has 1 fully saturated rings. The Hall–Kier alpha value is -1.86. The minimum Gasteiger partial charge on any atom is -0.381 e. The van der Waals surface area contributed by atoms with Crippen LogP contribution in [-0.2, 0) is 28.7 Å². The molecule has 0 radical (unpaired) electrons. The van der Waals surface area contributed by atoms with Crippen molar-refractivity contribution < 1.29 is 22.7 Å². The molecule has 1 N–H and O–H groups in total. The number of hydrogen-bond acceptors (Lipinski definition) is 3. The van der Waals surface area contributed by atoms with Gasteiger partial charge >= 0.3 is 6.18 Å². The van der Waals surface area contributed by atoms with Crippen LogP contribution in [-0.4, -0.2) is 42.6 Å². The molecule has 28 heavy (non-hydrogen) atoms. The summed E-state index contributed by atoms with van der Waals surface area (Å²) < 4.78 is 44.3. The lowest BCUT2D eigenvalue weighted by Crippen LogP contribution is -2.42. The van der Waals surface area contributed by atoms with E-state index in [1.54, 1.807) is 11.0 Å². The van der Waals surface area contributed by atoms with Gasteiger partial charge in [0.05, 0.1) is 11.5 Å². The summed E-state index contributed by atoms with van der Waals surface area (Å²) in [6.45, 7) is 2.34. The van der Waals surface area contributed by atoms with Crippen LogP contribution in [0.5, 0.6) is 0 Å². The number of hydrogen-bond donors (Lipinski definition) is 1. The van der Waals surface area contributed by atoms with Crippen molar-refractivity contribution in [3.63, 3.8) is 0 Å². The molecule has 152 valence electrons. The number of carbonyl (C=O) groups is 1. The molecule has 0 spiro atoms. The van der Waals surface area contributed by atoms with Crippen LogP contribution in [0, 0.1) is 5.92 Å². The second-order valence-electron chi connectivity index (χ2n) is 7.88. The van der Waals surface area contributed by atoms with Gasteiger partial charge in [-0.15, -0.1) is 0 Å². The fraction of sp³-hybridized carbons (Fsp3) is 0.571. The number of ether oxygens (including phenoxy) is 1. The van der Waals surface area contributed by atoms with Gasteiger partial charge in [-0.3, -0.25) is 4.79 Å². The Kier molecular flexibility index (Phi) is 5.47. The highest BCUT2D eigenvalue weighted by atomic mass is 19.4. The fourth-order valence-electron chi connectivity index (χ4n) is 4.33. The molecule has 1 aromatic carbocycles. The van der Waals surface area contributed by atoms with Crippen LogP contribution in [0.4, 0.5) is 13.2 Å². The zero-order chi connectivity index (χ0) is 19.7. The Labute approximate surface area is 162 Å². The lowest BCUT2D eigenvalue weighted by molar-refractivity contribution is -0.137. The van der Waals surface area contributed by atoms with Crippen molar-refractivity contribution in [2.24, 2.45) is 5.92 Å². The van der Waals surface area contributed by atoms with E-state index in [0.29, 0.717) is 31.0 Å². The number of nitrogens with one attached hydrogen (secondary N) is 1. The van der Waals surface area contributed by atoms with Gasteiger partial charge < -0.3 is 15.0 Å². The molecule has 0 saturated carbocycles. The zero-order valence-corrected chi connectivity index (χ0v) is 15.7. The molecule has 4 nitrogen and oxygen atoms in total. The summed E-state index contributed by atoms with van der Waals surface area (Å²) in [5.74, 6) is -0.194. The second-order valence-corrected chi connectivity index (χ2v) is 7.88. The number of nitrogens with zero attached hydrogens (tertiary/aromatic N) is 1. The predicted molar refractivity (Wildman–Crippen MR) is 98.6 cm³/mol. The third-order valence-electron chi connectivity index (χ3n) is 5.93. The maximum Gasteiger partial charge on any atom is 0.416 e. The minimum absolute atomic E-state index is 0.00980. The minimum atomic E-state index is -4.36. The summed E-state index contributed by atoms with van der Waals surface area (Å²) in [7, 11) is 0. The molecule has 2 aliphatic heterocycles. The van der Waals surface area contributed by atoms with Gasteiger partial charge in [-0.2, -0.15) is 13.2 Å². The Morgan fingerprint density at radius 1 is 1.14 bits per heavy atom. The van der Waals surface area contributed by atoms with Gasteiger partial charge in [0.1, 0.15) is 0 Å². The van der Waals surface area contributed by atoms with E-state index in [9.17, 15) is 18.0 Å². The van der Waals surface area contributed by atoms with E-state index in [1.807, 2.05) is 6.08 Å². The Balaban J connectivity index is 1.36. The Bertz CT molecular complexity index is 757. The lowest BCUT2D eigenvalue weighted by Gasteiger charge is -2.31. The summed E-state index contributed by atoms with van der Waals surface area (Å²) in [6, 6.07) is 4.45. The average molecular weight is 394 g/mol. The number of rotatable bonds is 3. The Morgan fingerprint density at radius 2 is 1.93 bits per heavy atom. The summed E-state index contributed by atoms with van der Waals surface area (Å²) in [6.07, 6.45) is 2.90. The summed E-state index contributed by atoms with van der Waals surface area (Å²) in [5.41, 5.74) is 0.855. The van der Waals surface area contributed by atoms with Crippen LogP contribution in [0.25, 0.3) is 0 Å². The zero-order valence-electron chi connectivity index (χ0n) is 15.7. The normalized spacial score (nSPS) is 25.8. The van der Waals surface area contributed by atoms with Gasteiger partial charge in [0.15, 0.2) is 0 Å². The number of halogens is 3. The van der Waals surface area contributed by atoms with Crippen molar-refractivity contribution in [3.8, 4) is 0 Å². The van der Waals surface area contributed by atoms with Crippen molar-refractivity contribution in [3.05, 3.63) is 47.0 Å². The van der Waals surface area contributed by atoms with Crippen LogP contribution in [0.15, 0.2) is 30.4 Å². The lowest BCUT2D eigenvalue weighted by atomic mass is 9.95. The average Bonchev–Trinajstić information content (AvgIpc) is 3.15. The first kappa shape index (κ1) is 19.5. The molecule has 2 unspecified atom stereocenters. The second kappa shape index (κ2) is 7.87. The molecule has 2 atom stereocenters. The largest absolute Gasteiger partial charge is 0.416 e. The standard InChI is InChI=1S/C21H25F3N2O2/c22-21(23,24)17-3-1-14-5-8-26(13-16(14)11-17)20(27)15-2-4-19(12-15)25-18-6-9-28-10-7-18/h1-4,11,15,18-19,25H,5-10,12-13H2. The quantitative estimate of drug-likeness (QED) is 0.800. The van der Waals surface area contributed by atoms with Crippen molar-refractivity contribution in [2.45, 2.75) is 50.5 Å². The van der Waals surface area contributed by atoms with Crippen LogP contribution in [0.2, 0.25) is 0 Å². The monoisotopic (exact) mass is 394 g/mol. The molecule has 7 heteroatoms. The summed E-state index contributed by atoms with van der Waals surface area (Å²) in [5, 5.41) is 3.58. The molecule has 1 aliphatic carbocycles. The molecule has 2 heterocycles. The highest BCUT2D eigenvalue weighted by Gasteiger charge is 2.34. The third-order valence-corrected chi connectivity index (χ3v) is 5.93. The SMILES string of the molecule is O=C(C1C=CC(NC2CCOCC2)C1)N1CCc2ccc(C(F)(F)F)cc2C1. The van der Waals surface area contributed by atoms with E-state index in [-0.39, 0.29) is 24.4 Å². The van der Waals surface area contributed by atoms with E-state index in [1.165, 1.54) is 6.07 Å². The summed E-state index contributed by atoms with van der Waals surface area (Å²) in [4.78, 5) is 14.6. The van der Waals surface area contributed by atoms with Gasteiger partial charge in [-0.25, -0.2) is 0 Å². The first-order valence-corrected chi connectivity index (χ1v) is 9.90. The molecule has 0 bridgehead atoms. The number of amides is 1. The Morgan fingerprint density at radius 3 is 2.68 bits per heavy atom. The van der Waals surface area contributed by atoms with E-state index in [0.717, 1.165) is 37.7 Å². The van der Waals surface area contributed by atoms with E-state index in [4.69, 9.17) is 4.74 Å². The van der Waals surface area contributed by atoms with Gasteiger partial charge in [0.25, 0.3) is 0 Å². The molecular formula is C21H25F3N2O2. The predicted octanol–water partition coefficient (Wildman–Crippen LogP) is 3.30. The smallest absolute Gasteiger partial charge is 0.381 e. The van der Waals surface area contributed by atoms with Crippen molar-refractivity contribution >= 4 is 5.91 Å². The first-order valence-electron chi connectivity index (χ1n) is 9.90. The van der Waals surface area contributed by atoms with Crippen molar-refractivity contribution in [1.82, 2.24) is 10.2 Å². The number of fused-ring (bicyclic) bond motifs is 1. The molecule has 4 rings (SSSR count). The van der Waals surface area contributed by atoms with E-state index >= 15 is 0 Å². The van der Waals surface area contributed by atoms with Gasteiger partial charge in [0.2, 0.25) is 5.91 Å². The highest BCUT2D eigenvalue weighted by molar-refractivity contribution is 5.81. The number of alkyl halides is 3.